The van der Waals surface area contributed by atoms with Gasteiger partial charge in [-0.1, -0.05) is 11.6 Å². The average molecular weight is 317 g/mol. The lowest BCUT2D eigenvalue weighted by atomic mass is 10.1. The number of halogens is 3. The van der Waals surface area contributed by atoms with Gasteiger partial charge in [-0.25, -0.2) is 8.78 Å². The van der Waals surface area contributed by atoms with Gasteiger partial charge >= 0.3 is 0 Å². The van der Waals surface area contributed by atoms with Crippen molar-refractivity contribution in [3.05, 3.63) is 34.4 Å². The SMILES string of the molecule is CCN1C(=O)CC[C@H]1C(=O)NCc1c(F)ccc(F)c1Cl. The van der Waals surface area contributed by atoms with Gasteiger partial charge in [-0.05, 0) is 25.5 Å². The highest BCUT2D eigenvalue weighted by Gasteiger charge is 2.34. The van der Waals surface area contributed by atoms with Crippen LogP contribution in [0.1, 0.15) is 25.3 Å². The molecule has 1 N–H and O–H groups in total. The van der Waals surface area contributed by atoms with Crippen LogP contribution in [0.15, 0.2) is 12.1 Å². The van der Waals surface area contributed by atoms with Crippen LogP contribution < -0.4 is 5.32 Å². The second-order valence-electron chi connectivity index (χ2n) is 4.77. The number of carbonyl (C=O) groups excluding carboxylic acids is 2. The molecule has 0 aromatic heterocycles. The number of hydrogen-bond acceptors (Lipinski definition) is 2. The van der Waals surface area contributed by atoms with Crippen LogP contribution in [0.25, 0.3) is 0 Å². The smallest absolute Gasteiger partial charge is 0.243 e. The largest absolute Gasteiger partial charge is 0.350 e. The Kier molecular flexibility index (Phi) is 4.77. The zero-order valence-corrected chi connectivity index (χ0v) is 12.2. The molecule has 114 valence electrons. The van der Waals surface area contributed by atoms with Gasteiger partial charge in [0.2, 0.25) is 11.8 Å². The first-order valence-electron chi connectivity index (χ1n) is 6.65. The van der Waals surface area contributed by atoms with Crippen molar-refractivity contribution in [2.24, 2.45) is 0 Å². The van der Waals surface area contributed by atoms with E-state index in [2.05, 4.69) is 5.32 Å². The molecule has 1 aliphatic heterocycles. The molecule has 1 heterocycles. The number of nitrogens with zero attached hydrogens (tertiary/aromatic N) is 1. The summed E-state index contributed by atoms with van der Waals surface area (Å²) in [5.74, 6) is -1.89. The Morgan fingerprint density at radius 2 is 2.10 bits per heavy atom. The Hall–Kier alpha value is -1.69. The van der Waals surface area contributed by atoms with Crippen molar-refractivity contribution in [2.45, 2.75) is 32.4 Å². The van der Waals surface area contributed by atoms with Gasteiger partial charge in [-0.2, -0.15) is 0 Å². The zero-order chi connectivity index (χ0) is 15.6. The van der Waals surface area contributed by atoms with Crippen LogP contribution in [0, 0.1) is 11.6 Å². The van der Waals surface area contributed by atoms with Crippen molar-refractivity contribution in [2.75, 3.05) is 6.54 Å². The van der Waals surface area contributed by atoms with Gasteiger partial charge in [0.15, 0.2) is 0 Å². The highest BCUT2D eigenvalue weighted by Crippen LogP contribution is 2.23. The minimum Gasteiger partial charge on any atom is -0.350 e. The van der Waals surface area contributed by atoms with Crippen molar-refractivity contribution in [1.82, 2.24) is 10.2 Å². The molecule has 0 radical (unpaired) electrons. The summed E-state index contributed by atoms with van der Waals surface area (Å²) in [4.78, 5) is 25.1. The molecule has 21 heavy (non-hydrogen) atoms. The van der Waals surface area contributed by atoms with Gasteiger partial charge < -0.3 is 10.2 Å². The summed E-state index contributed by atoms with van der Waals surface area (Å²) in [6.07, 6.45) is 0.749. The molecule has 4 nitrogen and oxygen atoms in total. The van der Waals surface area contributed by atoms with E-state index < -0.39 is 17.7 Å². The third-order valence-corrected chi connectivity index (χ3v) is 3.96. The Labute approximate surface area is 126 Å². The normalized spacial score (nSPS) is 18.2. The van der Waals surface area contributed by atoms with E-state index in [-0.39, 0.29) is 28.9 Å². The van der Waals surface area contributed by atoms with E-state index in [1.54, 1.807) is 6.92 Å². The third kappa shape index (κ3) is 3.15. The fourth-order valence-corrected chi connectivity index (χ4v) is 2.65. The highest BCUT2D eigenvalue weighted by atomic mass is 35.5. The number of amides is 2. The average Bonchev–Trinajstić information content (AvgIpc) is 2.83. The van der Waals surface area contributed by atoms with Crippen LogP contribution in [-0.4, -0.2) is 29.3 Å². The van der Waals surface area contributed by atoms with Crippen molar-refractivity contribution in [1.29, 1.82) is 0 Å². The maximum atomic E-state index is 13.6. The van der Waals surface area contributed by atoms with Crippen molar-refractivity contribution < 1.29 is 18.4 Å². The van der Waals surface area contributed by atoms with E-state index in [4.69, 9.17) is 11.6 Å². The lowest BCUT2D eigenvalue weighted by molar-refractivity contribution is -0.135. The summed E-state index contributed by atoms with van der Waals surface area (Å²) < 4.78 is 26.9. The molecule has 1 saturated heterocycles. The molecule has 2 amide bonds. The number of likely N-dealkylation sites (N-methyl/N-ethyl adjacent to an activating group) is 1. The van der Waals surface area contributed by atoms with Gasteiger partial charge in [0.1, 0.15) is 17.7 Å². The summed E-state index contributed by atoms with van der Waals surface area (Å²) in [6.45, 7) is 2.00. The first-order chi connectivity index (χ1) is 9.95. The minimum absolute atomic E-state index is 0.0763. The van der Waals surface area contributed by atoms with E-state index in [0.717, 1.165) is 12.1 Å². The van der Waals surface area contributed by atoms with Gasteiger partial charge in [-0.3, -0.25) is 9.59 Å². The molecule has 0 spiro atoms. The summed E-state index contributed by atoms with van der Waals surface area (Å²) in [5.41, 5.74) is -0.0996. The van der Waals surface area contributed by atoms with Crippen molar-refractivity contribution in [3.63, 3.8) is 0 Å². The second kappa shape index (κ2) is 6.39. The molecular formula is C14H15ClF2N2O2. The van der Waals surface area contributed by atoms with Gasteiger partial charge in [0.05, 0.1) is 5.02 Å². The molecule has 1 fully saturated rings. The molecule has 2 rings (SSSR count). The molecule has 7 heteroatoms. The Balaban J connectivity index is 2.05. The number of carbonyl (C=O) groups is 2. The molecule has 0 aliphatic carbocycles. The van der Waals surface area contributed by atoms with Crippen LogP contribution in [-0.2, 0) is 16.1 Å². The molecule has 0 saturated carbocycles. The Morgan fingerprint density at radius 1 is 1.43 bits per heavy atom. The van der Waals surface area contributed by atoms with Crippen LogP contribution in [0.3, 0.4) is 0 Å². The lowest BCUT2D eigenvalue weighted by Gasteiger charge is -2.22. The van der Waals surface area contributed by atoms with Crippen molar-refractivity contribution >= 4 is 23.4 Å². The molecule has 0 unspecified atom stereocenters. The topological polar surface area (TPSA) is 49.4 Å². The van der Waals surface area contributed by atoms with Crippen LogP contribution >= 0.6 is 11.6 Å². The summed E-state index contributed by atoms with van der Waals surface area (Å²) >= 11 is 5.69. The van der Waals surface area contributed by atoms with Crippen LogP contribution in [0.2, 0.25) is 5.02 Å². The van der Waals surface area contributed by atoms with E-state index in [1.807, 2.05) is 0 Å². The van der Waals surface area contributed by atoms with Crippen LogP contribution in [0.4, 0.5) is 8.78 Å². The van der Waals surface area contributed by atoms with Crippen molar-refractivity contribution in [3.8, 4) is 0 Å². The fourth-order valence-electron chi connectivity index (χ4n) is 2.43. The molecular weight excluding hydrogens is 302 g/mol. The maximum Gasteiger partial charge on any atom is 0.243 e. The predicted octanol–water partition coefficient (Wildman–Crippen LogP) is 2.25. The second-order valence-corrected chi connectivity index (χ2v) is 5.15. The zero-order valence-electron chi connectivity index (χ0n) is 11.5. The first kappa shape index (κ1) is 15.7. The minimum atomic E-state index is -0.742. The van der Waals surface area contributed by atoms with Gasteiger partial charge in [0.25, 0.3) is 0 Å². The molecule has 1 aromatic rings. The number of likely N-dealkylation sites (tertiary alicyclic amines) is 1. The van der Waals surface area contributed by atoms with Gasteiger partial charge in [0, 0.05) is 25.1 Å². The number of hydrogen-bond donors (Lipinski definition) is 1. The van der Waals surface area contributed by atoms with Gasteiger partial charge in [-0.15, -0.1) is 0 Å². The van der Waals surface area contributed by atoms with E-state index in [0.29, 0.717) is 19.4 Å². The van der Waals surface area contributed by atoms with E-state index >= 15 is 0 Å². The first-order valence-corrected chi connectivity index (χ1v) is 7.03. The predicted molar refractivity (Wildman–Crippen MR) is 73.6 cm³/mol. The number of benzene rings is 1. The Bertz CT molecular complexity index is 580. The summed E-state index contributed by atoms with van der Waals surface area (Å²) in [6, 6.07) is 1.33. The highest BCUT2D eigenvalue weighted by molar-refractivity contribution is 6.31. The lowest BCUT2D eigenvalue weighted by Crippen LogP contribution is -2.44. The van der Waals surface area contributed by atoms with Crippen LogP contribution in [0.5, 0.6) is 0 Å². The quantitative estimate of drug-likeness (QED) is 0.866. The molecule has 1 aliphatic rings. The fraction of sp³-hybridized carbons (Fsp3) is 0.429. The maximum absolute atomic E-state index is 13.6. The number of rotatable bonds is 4. The van der Waals surface area contributed by atoms with E-state index in [9.17, 15) is 18.4 Å². The third-order valence-electron chi connectivity index (χ3n) is 3.55. The summed E-state index contributed by atoms with van der Waals surface area (Å²) in [7, 11) is 0. The molecule has 1 atom stereocenters. The molecule has 1 aromatic carbocycles. The Morgan fingerprint density at radius 3 is 2.76 bits per heavy atom. The summed E-state index contributed by atoms with van der Waals surface area (Å²) in [5, 5.41) is 2.17. The standard InChI is InChI=1S/C14H15ClF2N2O2/c1-2-19-11(5-6-12(19)20)14(21)18-7-8-9(16)3-4-10(17)13(8)15/h3-4,11H,2,5-7H2,1H3,(H,18,21)/t11-/m0/s1. The van der Waals surface area contributed by atoms with E-state index in [1.165, 1.54) is 4.90 Å². The number of nitrogens with one attached hydrogen (secondary N) is 1. The monoisotopic (exact) mass is 316 g/mol. The molecule has 0 bridgehead atoms.